The Morgan fingerprint density at radius 2 is 0.808 bits per heavy atom. The topological polar surface area (TPSA) is 0 Å². The van der Waals surface area contributed by atoms with E-state index in [1.165, 1.54) is 0 Å². The molecule has 4 rings (SSSR count). The lowest BCUT2D eigenvalue weighted by molar-refractivity contribution is 1.28. The van der Waals surface area contributed by atoms with E-state index in [1.54, 1.807) is 10.4 Å². The molecule has 0 fully saturated rings. The molecule has 0 N–H and O–H groups in total. The van der Waals surface area contributed by atoms with E-state index in [9.17, 15) is 0 Å². The van der Waals surface area contributed by atoms with E-state index in [1.807, 2.05) is 0 Å². The summed E-state index contributed by atoms with van der Waals surface area (Å²) in [6.45, 7) is 5.29. The first-order chi connectivity index (χ1) is 12.7. The van der Waals surface area contributed by atoms with Crippen LogP contribution in [0.2, 0.25) is 24.2 Å². The SMILES string of the molecule is C[Si](c1ccccc1)(C1C=CC=C1)[Si](C)(c1ccccc1)C1C=CC=C1. The number of benzene rings is 2. The van der Waals surface area contributed by atoms with Crippen LogP contribution in [0.5, 0.6) is 0 Å². The van der Waals surface area contributed by atoms with Crippen molar-refractivity contribution in [2.75, 3.05) is 0 Å². The van der Waals surface area contributed by atoms with Crippen LogP contribution in [0, 0.1) is 0 Å². The maximum Gasteiger partial charge on any atom is 0.0936 e. The van der Waals surface area contributed by atoms with E-state index in [0.29, 0.717) is 11.1 Å². The molecule has 0 radical (unpaired) electrons. The normalized spacial score (nSPS) is 21.2. The average molecular weight is 371 g/mol. The molecule has 2 aliphatic carbocycles. The zero-order valence-corrected chi connectivity index (χ0v) is 17.5. The van der Waals surface area contributed by atoms with Gasteiger partial charge in [-0.25, -0.2) is 0 Å². The summed E-state index contributed by atoms with van der Waals surface area (Å²) < 4.78 is 0. The van der Waals surface area contributed by atoms with E-state index >= 15 is 0 Å². The molecular formula is C24H26Si2. The molecule has 2 aliphatic rings. The minimum absolute atomic E-state index is 0.559. The van der Waals surface area contributed by atoms with Gasteiger partial charge in [0.15, 0.2) is 0 Å². The summed E-state index contributed by atoms with van der Waals surface area (Å²) in [7, 11) is -3.78. The van der Waals surface area contributed by atoms with E-state index in [0.717, 1.165) is 0 Å². The predicted octanol–water partition coefficient (Wildman–Crippen LogP) is 5.03. The fourth-order valence-electron chi connectivity index (χ4n) is 4.88. The zero-order chi connectivity index (χ0) is 18.0. The van der Waals surface area contributed by atoms with Crippen LogP contribution in [0.1, 0.15) is 0 Å². The summed E-state index contributed by atoms with van der Waals surface area (Å²) >= 11 is 0. The molecule has 0 nitrogen and oxygen atoms in total. The molecule has 0 amide bonds. The van der Waals surface area contributed by atoms with Gasteiger partial charge in [-0.15, -0.1) is 0 Å². The molecule has 0 saturated carbocycles. The van der Waals surface area contributed by atoms with Crippen LogP contribution in [0.3, 0.4) is 0 Å². The van der Waals surface area contributed by atoms with Gasteiger partial charge in [-0.05, 0) is 11.1 Å². The lowest BCUT2D eigenvalue weighted by atomic mass is 10.4. The highest BCUT2D eigenvalue weighted by molar-refractivity contribution is 7.52. The molecule has 2 heteroatoms. The van der Waals surface area contributed by atoms with Crippen LogP contribution in [-0.4, -0.2) is 15.2 Å². The second-order valence-corrected chi connectivity index (χ2v) is 21.3. The van der Waals surface area contributed by atoms with Crippen LogP contribution in [0.25, 0.3) is 0 Å². The van der Waals surface area contributed by atoms with Gasteiger partial charge in [0.05, 0.1) is 15.2 Å². The molecule has 130 valence electrons. The first-order valence-corrected chi connectivity index (χ1v) is 15.6. The van der Waals surface area contributed by atoms with Crippen molar-refractivity contribution >= 4 is 25.6 Å². The Bertz CT molecular complexity index is 779. The van der Waals surface area contributed by atoms with Gasteiger partial charge in [-0.3, -0.25) is 0 Å². The van der Waals surface area contributed by atoms with Gasteiger partial charge < -0.3 is 0 Å². The van der Waals surface area contributed by atoms with Gasteiger partial charge in [-0.2, -0.15) is 0 Å². The molecular weight excluding hydrogens is 344 g/mol. The minimum Gasteiger partial charge on any atom is -0.0802 e. The average Bonchev–Trinajstić information content (AvgIpc) is 3.42. The van der Waals surface area contributed by atoms with Crippen LogP contribution < -0.4 is 10.4 Å². The second-order valence-electron chi connectivity index (χ2n) is 7.73. The molecule has 0 bridgehead atoms. The van der Waals surface area contributed by atoms with Crippen molar-refractivity contribution in [2.45, 2.75) is 24.2 Å². The predicted molar refractivity (Wildman–Crippen MR) is 119 cm³/mol. The van der Waals surface area contributed by atoms with Crippen molar-refractivity contribution in [1.29, 1.82) is 0 Å². The largest absolute Gasteiger partial charge is 0.0936 e. The van der Waals surface area contributed by atoms with E-state index in [2.05, 4.69) is 122 Å². The number of rotatable bonds is 5. The van der Waals surface area contributed by atoms with E-state index in [4.69, 9.17) is 0 Å². The molecule has 2 atom stereocenters. The summed E-state index contributed by atoms with van der Waals surface area (Å²) in [5, 5.41) is 3.18. The Hall–Kier alpha value is -2.17. The molecule has 2 unspecified atom stereocenters. The molecule has 2 aromatic rings. The third-order valence-electron chi connectivity index (χ3n) is 6.66. The molecule has 2 aromatic carbocycles. The summed E-state index contributed by atoms with van der Waals surface area (Å²) in [5.74, 6) is 0. The Morgan fingerprint density at radius 1 is 0.500 bits per heavy atom. The van der Waals surface area contributed by atoms with Crippen LogP contribution in [0.4, 0.5) is 0 Å². The minimum atomic E-state index is -1.89. The van der Waals surface area contributed by atoms with Crippen molar-refractivity contribution in [3.05, 3.63) is 109 Å². The Labute approximate surface area is 159 Å². The number of allylic oxidation sites excluding steroid dienone is 8. The molecule has 26 heavy (non-hydrogen) atoms. The molecule has 0 heterocycles. The third-order valence-corrected chi connectivity index (χ3v) is 25.5. The maximum atomic E-state index is 2.65. The smallest absolute Gasteiger partial charge is 0.0802 e. The lowest BCUT2D eigenvalue weighted by Crippen LogP contribution is -2.75. The second kappa shape index (κ2) is 6.86. The standard InChI is InChI=1S/C24H26Si2/c1-25(23-17-9-10-18-23,21-13-5-3-6-14-21)26(2,24-19-11-12-20-24)22-15-7-4-8-16-22/h3-20,23-24H,1-2H3. The van der Waals surface area contributed by atoms with Crippen LogP contribution in [0.15, 0.2) is 109 Å². The Kier molecular flexibility index (Phi) is 4.55. The van der Waals surface area contributed by atoms with Crippen molar-refractivity contribution in [3.8, 4) is 0 Å². The highest BCUT2D eigenvalue weighted by Gasteiger charge is 2.56. The molecule has 0 aromatic heterocycles. The van der Waals surface area contributed by atoms with Gasteiger partial charge in [-0.1, -0.05) is 133 Å². The van der Waals surface area contributed by atoms with Crippen molar-refractivity contribution in [2.24, 2.45) is 0 Å². The monoisotopic (exact) mass is 370 g/mol. The van der Waals surface area contributed by atoms with Crippen LogP contribution in [-0.2, 0) is 0 Å². The quantitative estimate of drug-likeness (QED) is 0.648. The Balaban J connectivity index is 1.99. The van der Waals surface area contributed by atoms with Crippen LogP contribution >= 0.6 is 0 Å². The molecule has 0 aliphatic heterocycles. The zero-order valence-electron chi connectivity index (χ0n) is 15.5. The summed E-state index contributed by atoms with van der Waals surface area (Å²) in [6.07, 6.45) is 18.8. The van der Waals surface area contributed by atoms with Crippen molar-refractivity contribution < 1.29 is 0 Å². The van der Waals surface area contributed by atoms with Gasteiger partial charge in [0, 0.05) is 0 Å². The Morgan fingerprint density at radius 3 is 1.12 bits per heavy atom. The lowest BCUT2D eigenvalue weighted by Gasteiger charge is -2.49. The van der Waals surface area contributed by atoms with Gasteiger partial charge in [0.25, 0.3) is 0 Å². The highest BCUT2D eigenvalue weighted by atomic mass is 29.3. The summed E-state index contributed by atoms with van der Waals surface area (Å²) in [6, 6.07) is 22.8. The van der Waals surface area contributed by atoms with E-state index < -0.39 is 15.2 Å². The summed E-state index contributed by atoms with van der Waals surface area (Å²) in [4.78, 5) is 0. The molecule has 0 saturated heterocycles. The summed E-state index contributed by atoms with van der Waals surface area (Å²) in [5.41, 5.74) is 1.12. The number of hydrogen-bond acceptors (Lipinski definition) is 0. The third kappa shape index (κ3) is 2.56. The van der Waals surface area contributed by atoms with Crippen molar-refractivity contribution in [1.82, 2.24) is 0 Å². The first kappa shape index (κ1) is 17.3. The van der Waals surface area contributed by atoms with E-state index in [-0.39, 0.29) is 0 Å². The van der Waals surface area contributed by atoms with Crippen molar-refractivity contribution in [3.63, 3.8) is 0 Å². The van der Waals surface area contributed by atoms with Gasteiger partial charge >= 0.3 is 0 Å². The number of hydrogen-bond donors (Lipinski definition) is 0. The maximum absolute atomic E-state index is 2.65. The molecule has 0 spiro atoms. The fraction of sp³-hybridized carbons (Fsp3) is 0.167. The first-order valence-electron chi connectivity index (χ1n) is 9.48. The van der Waals surface area contributed by atoms with Gasteiger partial charge in [0.1, 0.15) is 0 Å². The fourth-order valence-corrected chi connectivity index (χ4v) is 21.9. The van der Waals surface area contributed by atoms with Gasteiger partial charge in [0.2, 0.25) is 0 Å². The highest BCUT2D eigenvalue weighted by Crippen LogP contribution is 2.43.